The second-order valence-corrected chi connectivity index (χ2v) is 5.26. The number of carbonyl (C=O) groups is 1. The third-order valence-corrected chi connectivity index (χ3v) is 3.55. The number of hydrogen-bond donors (Lipinski definition) is 1. The van der Waals surface area contributed by atoms with Crippen molar-refractivity contribution in [3.05, 3.63) is 53.7 Å². The molecular weight excluding hydrogens is 320 g/mol. The van der Waals surface area contributed by atoms with Crippen molar-refractivity contribution in [1.82, 2.24) is 14.7 Å². The van der Waals surface area contributed by atoms with Gasteiger partial charge in [0, 0.05) is 44.2 Å². The lowest BCUT2D eigenvalue weighted by Crippen LogP contribution is -2.22. The van der Waals surface area contributed by atoms with Gasteiger partial charge in [-0.15, -0.1) is 0 Å². The van der Waals surface area contributed by atoms with Gasteiger partial charge in [-0.2, -0.15) is 5.10 Å². The van der Waals surface area contributed by atoms with Gasteiger partial charge in [-0.1, -0.05) is 12.2 Å². The molecule has 1 aromatic rings. The lowest BCUT2D eigenvalue weighted by Gasteiger charge is -2.22. The monoisotopic (exact) mass is 346 g/mol. The summed E-state index contributed by atoms with van der Waals surface area (Å²) in [4.78, 5) is 13.1. The second kappa shape index (κ2) is 10.9. The zero-order valence-corrected chi connectivity index (χ0v) is 15.2. The highest BCUT2D eigenvalue weighted by Crippen LogP contribution is 2.14. The van der Waals surface area contributed by atoms with Crippen LogP contribution in [0.25, 0.3) is 0 Å². The number of aromatic nitrogens is 2. The van der Waals surface area contributed by atoms with Crippen LogP contribution in [0.2, 0.25) is 0 Å². The fraction of sp³-hybridized carbons (Fsp3) is 0.389. The molecule has 136 valence electrons. The molecule has 0 aliphatic rings. The van der Waals surface area contributed by atoms with E-state index in [0.29, 0.717) is 5.57 Å². The predicted octanol–water partition coefficient (Wildman–Crippen LogP) is 2.17. The van der Waals surface area contributed by atoms with Gasteiger partial charge >= 0.3 is 5.97 Å². The lowest BCUT2D eigenvalue weighted by atomic mass is 10.1. The van der Waals surface area contributed by atoms with Crippen LogP contribution in [-0.4, -0.2) is 54.7 Å². The van der Waals surface area contributed by atoms with E-state index in [9.17, 15) is 4.79 Å². The minimum absolute atomic E-state index is 0.445. The van der Waals surface area contributed by atoms with Crippen LogP contribution < -0.4 is 0 Å². The number of aryl methyl sites for hydroxylation is 1. The van der Waals surface area contributed by atoms with E-state index in [4.69, 9.17) is 10.1 Å². The Labute approximate surface area is 148 Å². The number of rotatable bonds is 10. The molecule has 7 nitrogen and oxygen atoms in total. The van der Waals surface area contributed by atoms with E-state index < -0.39 is 5.97 Å². The molecule has 1 heterocycles. The summed E-state index contributed by atoms with van der Waals surface area (Å²) in [6.45, 7) is 3.62. The number of esters is 1. The molecule has 0 atom stereocenters. The van der Waals surface area contributed by atoms with Crippen molar-refractivity contribution in [3.8, 4) is 0 Å². The molecule has 0 aromatic carbocycles. The molecular formula is C18H26N4O3. The van der Waals surface area contributed by atoms with Gasteiger partial charge in [0.25, 0.3) is 0 Å². The van der Waals surface area contributed by atoms with Crippen molar-refractivity contribution >= 4 is 12.2 Å². The summed E-state index contributed by atoms with van der Waals surface area (Å²) in [5, 5.41) is 11.9. The number of carbonyl (C=O) groups excluding carboxylic acids is 1. The zero-order valence-electron chi connectivity index (χ0n) is 15.2. The standard InChI is InChI=1S/C18H26N4O3/c1-5-22-13-15(12-20-22)9-10-21(2)17(14-24-3)16(11-19)7-6-8-18(23)25-4/h6-8,11-14,19H,5,9-10H2,1-4H3/b8-6+,16-7+,17-14-,19-11?. The quantitative estimate of drug-likeness (QED) is 0.231. The summed E-state index contributed by atoms with van der Waals surface area (Å²) in [6, 6.07) is 0. The average Bonchev–Trinajstić information content (AvgIpc) is 3.09. The molecule has 0 aliphatic heterocycles. The Hall–Kier alpha value is -2.83. The second-order valence-electron chi connectivity index (χ2n) is 5.26. The third-order valence-electron chi connectivity index (χ3n) is 3.55. The Morgan fingerprint density at radius 2 is 2.20 bits per heavy atom. The first-order chi connectivity index (χ1) is 12.0. The smallest absolute Gasteiger partial charge is 0.330 e. The summed E-state index contributed by atoms with van der Waals surface area (Å²) in [7, 11) is 4.81. The Morgan fingerprint density at radius 1 is 1.44 bits per heavy atom. The van der Waals surface area contributed by atoms with E-state index in [0.717, 1.165) is 30.8 Å². The normalized spacial score (nSPS) is 12.3. The van der Waals surface area contributed by atoms with Gasteiger partial charge in [-0.25, -0.2) is 4.79 Å². The van der Waals surface area contributed by atoms with Crippen LogP contribution in [0.1, 0.15) is 12.5 Å². The molecule has 0 amide bonds. The molecule has 1 N–H and O–H groups in total. The molecule has 0 saturated carbocycles. The first-order valence-electron chi connectivity index (χ1n) is 7.98. The minimum atomic E-state index is -0.445. The molecule has 0 spiro atoms. The summed E-state index contributed by atoms with van der Waals surface area (Å²) < 4.78 is 11.6. The summed E-state index contributed by atoms with van der Waals surface area (Å²) >= 11 is 0. The number of likely N-dealkylation sites (N-methyl/N-ethyl adjacent to an activating group) is 1. The number of hydrogen-bond acceptors (Lipinski definition) is 6. The average molecular weight is 346 g/mol. The Kier molecular flexibility index (Phi) is 8.78. The first kappa shape index (κ1) is 20.2. The zero-order chi connectivity index (χ0) is 18.7. The highest BCUT2D eigenvalue weighted by molar-refractivity contribution is 5.84. The van der Waals surface area contributed by atoms with E-state index in [-0.39, 0.29) is 0 Å². The van der Waals surface area contributed by atoms with Crippen LogP contribution in [0.4, 0.5) is 0 Å². The molecule has 0 unspecified atom stereocenters. The maximum atomic E-state index is 11.1. The van der Waals surface area contributed by atoms with Crippen LogP contribution in [0.3, 0.4) is 0 Å². The first-order valence-corrected chi connectivity index (χ1v) is 7.98. The van der Waals surface area contributed by atoms with Crippen LogP contribution in [0.5, 0.6) is 0 Å². The molecule has 0 radical (unpaired) electrons. The van der Waals surface area contributed by atoms with E-state index in [1.165, 1.54) is 19.4 Å². The van der Waals surface area contributed by atoms with Gasteiger partial charge in [0.2, 0.25) is 0 Å². The van der Waals surface area contributed by atoms with Crippen molar-refractivity contribution < 1.29 is 14.3 Å². The fourth-order valence-corrected chi connectivity index (χ4v) is 2.12. The van der Waals surface area contributed by atoms with Crippen molar-refractivity contribution in [2.45, 2.75) is 19.9 Å². The van der Waals surface area contributed by atoms with Crippen molar-refractivity contribution in [2.75, 3.05) is 27.8 Å². The van der Waals surface area contributed by atoms with E-state index >= 15 is 0 Å². The maximum absolute atomic E-state index is 11.1. The van der Waals surface area contributed by atoms with Crippen molar-refractivity contribution in [2.24, 2.45) is 0 Å². The Balaban J connectivity index is 2.83. The highest BCUT2D eigenvalue weighted by atomic mass is 16.5. The third kappa shape index (κ3) is 6.66. The summed E-state index contributed by atoms with van der Waals surface area (Å²) in [5.41, 5.74) is 2.51. The SMILES string of the molecule is CCn1cc(CCN(C)C(=C\OC)/C(C=N)=C/C=C/C(=O)OC)cn1. The number of nitrogens with zero attached hydrogens (tertiary/aromatic N) is 3. The number of nitrogens with one attached hydrogen (secondary N) is 1. The van der Waals surface area contributed by atoms with Gasteiger partial charge in [0.15, 0.2) is 0 Å². The molecule has 1 aromatic heterocycles. The molecule has 1 rings (SSSR count). The van der Waals surface area contributed by atoms with Crippen LogP contribution in [-0.2, 0) is 27.2 Å². The number of allylic oxidation sites excluding steroid dienone is 3. The lowest BCUT2D eigenvalue weighted by molar-refractivity contribution is -0.134. The number of ether oxygens (including phenoxy) is 2. The van der Waals surface area contributed by atoms with Gasteiger partial charge in [-0.05, 0) is 18.9 Å². The molecule has 7 heteroatoms. The van der Waals surface area contributed by atoms with Crippen LogP contribution in [0, 0.1) is 5.41 Å². The molecule has 0 bridgehead atoms. The van der Waals surface area contributed by atoms with Gasteiger partial charge in [-0.3, -0.25) is 4.68 Å². The van der Waals surface area contributed by atoms with Gasteiger partial charge < -0.3 is 19.8 Å². The summed E-state index contributed by atoms with van der Waals surface area (Å²) in [6.07, 6.45) is 12.0. The van der Waals surface area contributed by atoms with Crippen molar-refractivity contribution in [3.63, 3.8) is 0 Å². The van der Waals surface area contributed by atoms with Gasteiger partial charge in [0.1, 0.15) is 6.26 Å². The van der Waals surface area contributed by atoms with E-state index in [1.807, 2.05) is 35.9 Å². The Morgan fingerprint density at radius 3 is 2.76 bits per heavy atom. The highest BCUT2D eigenvalue weighted by Gasteiger charge is 2.10. The summed E-state index contributed by atoms with van der Waals surface area (Å²) in [5.74, 6) is -0.445. The number of methoxy groups -OCH3 is 2. The van der Waals surface area contributed by atoms with Crippen LogP contribution >= 0.6 is 0 Å². The molecule has 0 aliphatic carbocycles. The van der Waals surface area contributed by atoms with Crippen LogP contribution in [0.15, 0.2) is 48.2 Å². The Bertz CT molecular complexity index is 659. The predicted molar refractivity (Wildman–Crippen MR) is 97.3 cm³/mol. The van der Waals surface area contributed by atoms with E-state index in [1.54, 1.807) is 25.5 Å². The van der Waals surface area contributed by atoms with E-state index in [2.05, 4.69) is 9.84 Å². The maximum Gasteiger partial charge on any atom is 0.330 e. The van der Waals surface area contributed by atoms with Crippen molar-refractivity contribution in [1.29, 1.82) is 5.41 Å². The molecule has 0 fully saturated rings. The topological polar surface area (TPSA) is 80.4 Å². The fourth-order valence-electron chi connectivity index (χ4n) is 2.12. The minimum Gasteiger partial charge on any atom is -0.502 e. The largest absolute Gasteiger partial charge is 0.502 e. The molecule has 0 saturated heterocycles. The van der Waals surface area contributed by atoms with Gasteiger partial charge in [0.05, 0.1) is 26.1 Å². The molecule has 25 heavy (non-hydrogen) atoms.